The van der Waals surface area contributed by atoms with Crippen molar-refractivity contribution in [1.82, 2.24) is 0 Å². The van der Waals surface area contributed by atoms with E-state index < -0.39 is 110 Å². The normalized spacial score (nSPS) is 13.0. The third kappa shape index (κ3) is 7.28. The highest BCUT2D eigenvalue weighted by Crippen LogP contribution is 2.35. The number of rotatable bonds is 12. The summed E-state index contributed by atoms with van der Waals surface area (Å²) in [6.07, 6.45) is 0. The average Bonchev–Trinajstić information content (AvgIpc) is 3.05. The number of aliphatic carboxylic acids is 1. The van der Waals surface area contributed by atoms with Gasteiger partial charge in [-0.25, -0.2) is 28.8 Å². The number of phenols is 4. The SMILES string of the molecule is COC(=O)C(C(=O)OC(CO)(C(=O)O)C(=O)C(C(=O)OC)=C(C(=O)OC)c1ccc(O)c(O)c1)=C(C(=O)OC)c1ccc(O)c(O)c1. The molecule has 250 valence electrons. The van der Waals surface area contributed by atoms with Crippen LogP contribution >= 0.6 is 0 Å². The molecule has 18 heteroatoms. The second-order valence-corrected chi connectivity index (χ2v) is 8.88. The number of ether oxygens (including phenoxy) is 5. The van der Waals surface area contributed by atoms with E-state index in [-0.39, 0.29) is 0 Å². The van der Waals surface area contributed by atoms with E-state index in [1.807, 2.05) is 0 Å². The molecule has 0 saturated heterocycles. The van der Waals surface area contributed by atoms with Gasteiger partial charge in [0.15, 0.2) is 28.6 Å². The Bertz CT molecular complexity index is 1720. The van der Waals surface area contributed by atoms with Crippen LogP contribution in [0, 0.1) is 0 Å². The molecule has 2 aromatic rings. The fourth-order valence-electron chi connectivity index (χ4n) is 3.86. The molecule has 0 amide bonds. The third-order valence-electron chi connectivity index (χ3n) is 6.22. The van der Waals surface area contributed by atoms with E-state index in [2.05, 4.69) is 18.9 Å². The third-order valence-corrected chi connectivity index (χ3v) is 6.22. The van der Waals surface area contributed by atoms with Gasteiger partial charge in [0, 0.05) is 0 Å². The van der Waals surface area contributed by atoms with Crippen molar-refractivity contribution < 1.29 is 87.9 Å². The molecule has 2 aromatic carbocycles. The number of aliphatic hydroxyl groups is 1. The first-order chi connectivity index (χ1) is 22.1. The van der Waals surface area contributed by atoms with Crippen LogP contribution in [0.3, 0.4) is 0 Å². The second-order valence-electron chi connectivity index (χ2n) is 8.88. The first-order valence-corrected chi connectivity index (χ1v) is 12.6. The molecule has 0 spiro atoms. The molecule has 6 N–H and O–H groups in total. The Kier molecular flexibility index (Phi) is 11.8. The first-order valence-electron chi connectivity index (χ1n) is 12.6. The summed E-state index contributed by atoms with van der Waals surface area (Å²) in [4.78, 5) is 91.6. The smallest absolute Gasteiger partial charge is 0.359 e. The van der Waals surface area contributed by atoms with Gasteiger partial charge < -0.3 is 54.3 Å². The molecule has 0 radical (unpaired) electrons. The number of carbonyl (C=O) groups is 7. The highest BCUT2D eigenvalue weighted by molar-refractivity contribution is 6.38. The van der Waals surface area contributed by atoms with Crippen molar-refractivity contribution in [3.05, 3.63) is 58.7 Å². The summed E-state index contributed by atoms with van der Waals surface area (Å²) in [6, 6.07) is 4.79. The number of Topliss-reactive ketones (excluding diaryl/α,β-unsaturated/α-hetero) is 1. The Morgan fingerprint density at radius 2 is 0.957 bits per heavy atom. The topological polar surface area (TPSA) is 287 Å². The van der Waals surface area contributed by atoms with Crippen molar-refractivity contribution in [3.63, 3.8) is 0 Å². The van der Waals surface area contributed by atoms with Crippen molar-refractivity contribution in [1.29, 1.82) is 0 Å². The van der Waals surface area contributed by atoms with Crippen molar-refractivity contribution in [2.45, 2.75) is 5.60 Å². The molecular formula is C29H26O18. The Hall–Kier alpha value is -6.43. The number of hydrogen-bond acceptors (Lipinski definition) is 17. The lowest BCUT2D eigenvalue weighted by atomic mass is 9.87. The zero-order valence-electron chi connectivity index (χ0n) is 24.8. The van der Waals surface area contributed by atoms with Crippen LogP contribution in [0.25, 0.3) is 11.1 Å². The molecule has 2 rings (SSSR count). The summed E-state index contributed by atoms with van der Waals surface area (Å²) in [5.41, 5.74) is -10.1. The molecule has 18 nitrogen and oxygen atoms in total. The molecule has 47 heavy (non-hydrogen) atoms. The van der Waals surface area contributed by atoms with E-state index in [9.17, 15) is 64.2 Å². The number of methoxy groups -OCH3 is 4. The van der Waals surface area contributed by atoms with Crippen molar-refractivity contribution in [3.8, 4) is 23.0 Å². The average molecular weight is 663 g/mol. The van der Waals surface area contributed by atoms with Crippen LogP contribution in [-0.4, -0.2) is 113 Å². The molecule has 1 unspecified atom stereocenters. The predicted octanol–water partition coefficient (Wildman–Crippen LogP) is -0.664. The number of hydrogen-bond donors (Lipinski definition) is 6. The van der Waals surface area contributed by atoms with Crippen LogP contribution in [0.5, 0.6) is 23.0 Å². The number of phenolic OH excluding ortho intramolecular Hbond substituents is 4. The molecule has 0 bridgehead atoms. The minimum absolute atomic E-state index is 0.504. The van der Waals surface area contributed by atoms with Crippen LogP contribution in [-0.2, 0) is 57.2 Å². The Labute approximate surface area is 263 Å². The number of carbonyl (C=O) groups excluding carboxylic acids is 6. The van der Waals surface area contributed by atoms with Gasteiger partial charge in [-0.05, 0) is 35.4 Å². The minimum atomic E-state index is -3.89. The van der Waals surface area contributed by atoms with Gasteiger partial charge in [-0.3, -0.25) is 4.79 Å². The van der Waals surface area contributed by atoms with Gasteiger partial charge in [0.05, 0.1) is 39.6 Å². The molecule has 0 aliphatic carbocycles. The first kappa shape index (κ1) is 36.8. The lowest BCUT2D eigenvalue weighted by Gasteiger charge is -2.27. The van der Waals surface area contributed by atoms with E-state index in [1.165, 1.54) is 0 Å². The lowest BCUT2D eigenvalue weighted by molar-refractivity contribution is -0.184. The van der Waals surface area contributed by atoms with E-state index in [0.717, 1.165) is 38.5 Å². The molecule has 0 fully saturated rings. The van der Waals surface area contributed by atoms with Gasteiger partial charge in [0.1, 0.15) is 12.2 Å². The highest BCUT2D eigenvalue weighted by Gasteiger charge is 2.55. The Morgan fingerprint density at radius 3 is 1.30 bits per heavy atom. The van der Waals surface area contributed by atoms with Crippen molar-refractivity contribution in [2.24, 2.45) is 0 Å². The zero-order valence-corrected chi connectivity index (χ0v) is 24.8. The quantitative estimate of drug-likeness (QED) is 0.0410. The standard InChI is InChI=1S/C29H26O18/c1-43-23(36)18(12-5-7-14(31)16(33)9-12)20(25(38)45-3)22(35)29(11-30,28(41)42)47-27(40)21(26(39)46-4)19(24(37)44-2)13-6-8-15(32)17(34)10-13/h5-10,30-34H,11H2,1-4H3,(H,41,42). The summed E-state index contributed by atoms with van der Waals surface area (Å²) < 4.78 is 23.1. The lowest BCUT2D eigenvalue weighted by Crippen LogP contribution is -2.55. The van der Waals surface area contributed by atoms with E-state index >= 15 is 0 Å². The highest BCUT2D eigenvalue weighted by atomic mass is 16.6. The van der Waals surface area contributed by atoms with Gasteiger partial charge in [-0.2, -0.15) is 0 Å². The summed E-state index contributed by atoms with van der Waals surface area (Å²) in [6.45, 7) is -1.98. The molecule has 0 heterocycles. The Balaban J connectivity index is 3.02. The van der Waals surface area contributed by atoms with Crippen LogP contribution in [0.2, 0.25) is 0 Å². The molecule has 0 aliphatic rings. The number of esters is 5. The van der Waals surface area contributed by atoms with Crippen LogP contribution in [0.4, 0.5) is 0 Å². The molecule has 0 aromatic heterocycles. The fourth-order valence-corrected chi connectivity index (χ4v) is 3.86. The molecule has 1 atom stereocenters. The molecular weight excluding hydrogens is 636 g/mol. The maximum Gasteiger partial charge on any atom is 0.359 e. The number of aliphatic hydroxyl groups excluding tert-OH is 1. The number of carboxylic acid groups (broad SMARTS) is 1. The summed E-state index contributed by atoms with van der Waals surface area (Å²) >= 11 is 0. The zero-order chi connectivity index (χ0) is 35.8. The maximum absolute atomic E-state index is 14.0. The summed E-state index contributed by atoms with van der Waals surface area (Å²) in [7, 11) is 2.99. The predicted molar refractivity (Wildman–Crippen MR) is 150 cm³/mol. The van der Waals surface area contributed by atoms with Crippen LogP contribution in [0.15, 0.2) is 47.5 Å². The van der Waals surface area contributed by atoms with E-state index in [1.54, 1.807) is 0 Å². The van der Waals surface area contributed by atoms with Crippen molar-refractivity contribution in [2.75, 3.05) is 35.0 Å². The maximum atomic E-state index is 14.0. The minimum Gasteiger partial charge on any atom is -0.504 e. The van der Waals surface area contributed by atoms with E-state index in [4.69, 9.17) is 4.74 Å². The monoisotopic (exact) mass is 662 g/mol. The fraction of sp³-hybridized carbons (Fsp3) is 0.207. The van der Waals surface area contributed by atoms with Gasteiger partial charge in [0.2, 0.25) is 5.78 Å². The van der Waals surface area contributed by atoms with Gasteiger partial charge in [-0.15, -0.1) is 0 Å². The van der Waals surface area contributed by atoms with Crippen LogP contribution < -0.4 is 0 Å². The number of aromatic hydroxyl groups is 4. The molecule has 0 saturated carbocycles. The summed E-state index contributed by atoms with van der Waals surface area (Å²) in [5, 5.41) is 59.6. The molecule has 0 aliphatic heterocycles. The van der Waals surface area contributed by atoms with E-state index in [0.29, 0.717) is 26.4 Å². The van der Waals surface area contributed by atoms with Gasteiger partial charge in [-0.1, -0.05) is 12.1 Å². The number of benzene rings is 2. The Morgan fingerprint density at radius 1 is 0.574 bits per heavy atom. The number of carboxylic acids is 1. The largest absolute Gasteiger partial charge is 0.504 e. The van der Waals surface area contributed by atoms with Gasteiger partial charge in [0.25, 0.3) is 5.60 Å². The van der Waals surface area contributed by atoms with Crippen molar-refractivity contribution >= 4 is 52.7 Å². The second kappa shape index (κ2) is 15.0. The summed E-state index contributed by atoms with van der Waals surface area (Å²) in [5.74, 6) is -16.4. The van der Waals surface area contributed by atoms with Crippen LogP contribution in [0.1, 0.15) is 11.1 Å². The van der Waals surface area contributed by atoms with Gasteiger partial charge >= 0.3 is 35.8 Å². The number of ketones is 1.